The minimum Gasteiger partial charge on any atom is -0.384 e. The van der Waals surface area contributed by atoms with E-state index in [1.165, 1.54) is 12.3 Å². The van der Waals surface area contributed by atoms with Crippen molar-refractivity contribution in [3.63, 3.8) is 0 Å². The highest BCUT2D eigenvalue weighted by Crippen LogP contribution is 2.18. The molecule has 0 saturated carbocycles. The number of likely N-dealkylation sites (tertiary alicyclic amines) is 1. The second kappa shape index (κ2) is 5.82. The summed E-state index contributed by atoms with van der Waals surface area (Å²) in [5.74, 6) is 0.330. The predicted octanol–water partition coefficient (Wildman–Crippen LogP) is 0.873. The van der Waals surface area contributed by atoms with E-state index in [9.17, 15) is 9.59 Å². The van der Waals surface area contributed by atoms with Crippen molar-refractivity contribution in [3.8, 4) is 0 Å². The predicted molar refractivity (Wildman–Crippen MR) is 67.6 cm³/mol. The van der Waals surface area contributed by atoms with Crippen molar-refractivity contribution in [2.45, 2.75) is 12.8 Å². The van der Waals surface area contributed by atoms with Gasteiger partial charge in [0.1, 0.15) is 0 Å². The molecule has 5 nitrogen and oxygen atoms in total. The summed E-state index contributed by atoms with van der Waals surface area (Å²) >= 11 is 0. The van der Waals surface area contributed by atoms with Crippen LogP contribution in [0.5, 0.6) is 0 Å². The Morgan fingerprint density at radius 3 is 3.17 bits per heavy atom. The summed E-state index contributed by atoms with van der Waals surface area (Å²) in [4.78, 5) is 27.8. The first-order chi connectivity index (χ1) is 8.70. The van der Waals surface area contributed by atoms with Crippen LogP contribution in [0.2, 0.25) is 0 Å². The fourth-order valence-electron chi connectivity index (χ4n) is 2.38. The maximum Gasteiger partial charge on any atom is 0.254 e. The average Bonchev–Trinajstić information content (AvgIpc) is 2.39. The lowest BCUT2D eigenvalue weighted by atomic mass is 9.98. The lowest BCUT2D eigenvalue weighted by molar-refractivity contribution is 0.0570. The molecule has 2 heterocycles. The summed E-state index contributed by atoms with van der Waals surface area (Å²) in [5, 5.41) is 0. The summed E-state index contributed by atoms with van der Waals surface area (Å²) in [6.45, 7) is 2.14. The number of carbonyl (C=O) groups is 1. The third-order valence-corrected chi connectivity index (χ3v) is 3.23. The first-order valence-electron chi connectivity index (χ1n) is 6.17. The summed E-state index contributed by atoms with van der Waals surface area (Å²) < 4.78 is 5.14. The molecule has 1 aliphatic rings. The van der Waals surface area contributed by atoms with E-state index in [0.717, 1.165) is 19.4 Å². The Bertz CT molecular complexity index is 467. The van der Waals surface area contributed by atoms with Gasteiger partial charge in [-0.15, -0.1) is 0 Å². The van der Waals surface area contributed by atoms with E-state index in [0.29, 0.717) is 24.6 Å². The standard InChI is InChI=1S/C13H18N2O3/c1-18-9-10-3-2-6-15(8-10)13(17)11-4-5-14-12(16)7-11/h4-5,7,10H,2-3,6,8-9H2,1H3,(H,14,16). The van der Waals surface area contributed by atoms with Gasteiger partial charge in [-0.05, 0) is 24.8 Å². The van der Waals surface area contributed by atoms with E-state index in [1.807, 2.05) is 4.90 Å². The molecule has 1 fully saturated rings. The highest BCUT2D eigenvalue weighted by molar-refractivity contribution is 5.94. The van der Waals surface area contributed by atoms with Gasteiger partial charge >= 0.3 is 0 Å². The quantitative estimate of drug-likeness (QED) is 0.866. The molecule has 1 unspecified atom stereocenters. The molecular formula is C13H18N2O3. The highest BCUT2D eigenvalue weighted by atomic mass is 16.5. The summed E-state index contributed by atoms with van der Waals surface area (Å²) in [7, 11) is 1.68. The second-order valence-corrected chi connectivity index (χ2v) is 4.66. The van der Waals surface area contributed by atoms with Gasteiger partial charge in [-0.2, -0.15) is 0 Å². The smallest absolute Gasteiger partial charge is 0.254 e. The van der Waals surface area contributed by atoms with Crippen LogP contribution in [0.15, 0.2) is 23.1 Å². The first-order valence-corrected chi connectivity index (χ1v) is 6.17. The molecule has 0 aliphatic carbocycles. The van der Waals surface area contributed by atoms with Crippen molar-refractivity contribution < 1.29 is 9.53 Å². The van der Waals surface area contributed by atoms with Gasteiger partial charge in [0.15, 0.2) is 0 Å². The zero-order chi connectivity index (χ0) is 13.0. The summed E-state index contributed by atoms with van der Waals surface area (Å²) in [6.07, 6.45) is 3.59. The van der Waals surface area contributed by atoms with Gasteiger partial charge in [0.2, 0.25) is 5.56 Å². The Labute approximate surface area is 106 Å². The van der Waals surface area contributed by atoms with E-state index >= 15 is 0 Å². The number of methoxy groups -OCH3 is 1. The van der Waals surface area contributed by atoms with Crippen molar-refractivity contribution in [1.29, 1.82) is 0 Å². The Kier molecular flexibility index (Phi) is 4.15. The molecular weight excluding hydrogens is 232 g/mol. The molecule has 1 amide bonds. The lowest BCUT2D eigenvalue weighted by Gasteiger charge is -2.32. The summed E-state index contributed by atoms with van der Waals surface area (Å²) in [5.41, 5.74) is 0.211. The van der Waals surface area contributed by atoms with Gasteiger partial charge in [0, 0.05) is 38.0 Å². The number of H-pyrrole nitrogens is 1. The maximum atomic E-state index is 12.2. The zero-order valence-corrected chi connectivity index (χ0v) is 10.5. The maximum absolute atomic E-state index is 12.2. The van der Waals surface area contributed by atoms with E-state index < -0.39 is 0 Å². The molecule has 1 aliphatic heterocycles. The van der Waals surface area contributed by atoms with Gasteiger partial charge in [-0.1, -0.05) is 0 Å². The molecule has 98 valence electrons. The van der Waals surface area contributed by atoms with Crippen LogP contribution >= 0.6 is 0 Å². The molecule has 1 atom stereocenters. The number of aromatic amines is 1. The SMILES string of the molecule is COCC1CCCN(C(=O)c2cc[nH]c(=O)c2)C1. The fraction of sp³-hybridized carbons (Fsp3) is 0.538. The molecule has 18 heavy (non-hydrogen) atoms. The van der Waals surface area contributed by atoms with E-state index in [1.54, 1.807) is 13.2 Å². The van der Waals surface area contributed by atoms with Crippen molar-refractivity contribution in [2.75, 3.05) is 26.8 Å². The Morgan fingerprint density at radius 1 is 1.61 bits per heavy atom. The number of ether oxygens (including phenoxy) is 1. The summed E-state index contributed by atoms with van der Waals surface area (Å²) in [6, 6.07) is 2.99. The Hall–Kier alpha value is -1.62. The number of pyridine rings is 1. The molecule has 0 radical (unpaired) electrons. The van der Waals surface area contributed by atoms with Crippen molar-refractivity contribution in [3.05, 3.63) is 34.2 Å². The highest BCUT2D eigenvalue weighted by Gasteiger charge is 2.24. The van der Waals surface area contributed by atoms with Crippen molar-refractivity contribution in [2.24, 2.45) is 5.92 Å². The number of hydrogen-bond acceptors (Lipinski definition) is 3. The molecule has 1 saturated heterocycles. The number of piperidine rings is 1. The number of amides is 1. The van der Waals surface area contributed by atoms with E-state index in [2.05, 4.69) is 4.98 Å². The van der Waals surface area contributed by atoms with Crippen LogP contribution in [-0.4, -0.2) is 42.6 Å². The van der Waals surface area contributed by atoms with Crippen molar-refractivity contribution in [1.82, 2.24) is 9.88 Å². The van der Waals surface area contributed by atoms with E-state index in [-0.39, 0.29) is 11.5 Å². The van der Waals surface area contributed by atoms with Crippen LogP contribution in [0, 0.1) is 5.92 Å². The third kappa shape index (κ3) is 2.98. The first kappa shape index (κ1) is 12.8. The van der Waals surface area contributed by atoms with Gasteiger partial charge < -0.3 is 14.6 Å². The number of aromatic nitrogens is 1. The molecule has 2 rings (SSSR count). The van der Waals surface area contributed by atoms with Gasteiger partial charge in [0.05, 0.1) is 6.61 Å². The lowest BCUT2D eigenvalue weighted by Crippen LogP contribution is -2.41. The Morgan fingerprint density at radius 2 is 2.44 bits per heavy atom. The second-order valence-electron chi connectivity index (χ2n) is 4.66. The molecule has 0 spiro atoms. The molecule has 1 aromatic heterocycles. The molecule has 0 aromatic carbocycles. The number of nitrogens with zero attached hydrogens (tertiary/aromatic N) is 1. The van der Waals surface area contributed by atoms with Crippen LogP contribution in [0.3, 0.4) is 0 Å². The largest absolute Gasteiger partial charge is 0.384 e. The number of nitrogens with one attached hydrogen (secondary N) is 1. The van der Waals surface area contributed by atoms with Crippen LogP contribution < -0.4 is 5.56 Å². The van der Waals surface area contributed by atoms with Crippen LogP contribution in [0.4, 0.5) is 0 Å². The molecule has 1 N–H and O–H groups in total. The monoisotopic (exact) mass is 250 g/mol. The zero-order valence-electron chi connectivity index (χ0n) is 10.5. The molecule has 0 bridgehead atoms. The number of rotatable bonds is 3. The minimum absolute atomic E-state index is 0.0677. The fourth-order valence-corrected chi connectivity index (χ4v) is 2.38. The van der Waals surface area contributed by atoms with Gasteiger partial charge in [0.25, 0.3) is 5.91 Å². The molecule has 5 heteroatoms. The Balaban J connectivity index is 2.06. The van der Waals surface area contributed by atoms with Gasteiger partial charge in [-0.25, -0.2) is 0 Å². The number of carbonyl (C=O) groups excluding carboxylic acids is 1. The van der Waals surface area contributed by atoms with Gasteiger partial charge in [-0.3, -0.25) is 9.59 Å². The number of hydrogen-bond donors (Lipinski definition) is 1. The van der Waals surface area contributed by atoms with Crippen LogP contribution in [0.25, 0.3) is 0 Å². The normalized spacial score (nSPS) is 19.8. The molecule has 1 aromatic rings. The van der Waals surface area contributed by atoms with Crippen molar-refractivity contribution >= 4 is 5.91 Å². The van der Waals surface area contributed by atoms with Crippen LogP contribution in [-0.2, 0) is 4.74 Å². The van der Waals surface area contributed by atoms with E-state index in [4.69, 9.17) is 4.74 Å². The average molecular weight is 250 g/mol. The topological polar surface area (TPSA) is 62.4 Å². The third-order valence-electron chi connectivity index (χ3n) is 3.23. The van der Waals surface area contributed by atoms with Crippen LogP contribution in [0.1, 0.15) is 23.2 Å². The minimum atomic E-state index is -0.244.